The minimum Gasteiger partial charge on any atom is -0.352 e. The van der Waals surface area contributed by atoms with Gasteiger partial charge in [0, 0.05) is 23.7 Å². The number of hydrogen-bond donors (Lipinski definition) is 1. The monoisotopic (exact) mass is 297 g/mol. The molecule has 2 aromatic heterocycles. The largest absolute Gasteiger partial charge is 0.352 e. The van der Waals surface area contributed by atoms with E-state index in [-0.39, 0.29) is 11.8 Å². The van der Waals surface area contributed by atoms with Crippen LogP contribution in [0.25, 0.3) is 5.82 Å². The summed E-state index contributed by atoms with van der Waals surface area (Å²) in [4.78, 5) is 20.7. The van der Waals surface area contributed by atoms with Crippen molar-refractivity contribution in [1.29, 1.82) is 0 Å². The number of aromatic nitrogens is 4. The Kier molecular flexibility index (Phi) is 4.27. The Morgan fingerprint density at radius 3 is 3.05 bits per heavy atom. The van der Waals surface area contributed by atoms with Gasteiger partial charge in [0.1, 0.15) is 12.7 Å². The highest BCUT2D eigenvalue weighted by molar-refractivity contribution is 5.79. The molecule has 0 radical (unpaired) electrons. The molecule has 1 N–H and O–H groups in total. The second-order valence-corrected chi connectivity index (χ2v) is 5.47. The maximum atomic E-state index is 12.2. The first kappa shape index (κ1) is 14.4. The first-order chi connectivity index (χ1) is 10.7. The molecule has 0 bridgehead atoms. The van der Waals surface area contributed by atoms with Gasteiger partial charge in [-0.2, -0.15) is 5.10 Å². The van der Waals surface area contributed by atoms with Crippen molar-refractivity contribution in [3.8, 4) is 5.82 Å². The zero-order chi connectivity index (χ0) is 15.4. The van der Waals surface area contributed by atoms with Gasteiger partial charge in [0.25, 0.3) is 0 Å². The fraction of sp³-hybridized carbons (Fsp3) is 0.375. The number of hydrogen-bond acceptors (Lipinski definition) is 4. The number of nitrogens with zero attached hydrogens (tertiary/aromatic N) is 4. The number of carbonyl (C=O) groups excluding carboxylic acids is 1. The summed E-state index contributed by atoms with van der Waals surface area (Å²) in [5.74, 6) is 0.897. The van der Waals surface area contributed by atoms with E-state index in [0.29, 0.717) is 12.4 Å². The maximum absolute atomic E-state index is 12.2. The average molecular weight is 297 g/mol. The van der Waals surface area contributed by atoms with Crippen molar-refractivity contribution in [2.75, 3.05) is 0 Å². The third kappa shape index (κ3) is 3.21. The van der Waals surface area contributed by atoms with Crippen molar-refractivity contribution in [1.82, 2.24) is 25.1 Å². The SMILES string of the molecule is Cc1ccc(CNC(=O)[C@@H]2CC=CCC2)c(-n2cncn2)n1. The minimum atomic E-state index is 0.0817. The molecule has 1 aliphatic carbocycles. The van der Waals surface area contributed by atoms with Gasteiger partial charge in [-0.15, -0.1) is 0 Å². The maximum Gasteiger partial charge on any atom is 0.223 e. The van der Waals surface area contributed by atoms with Crippen LogP contribution in [0.5, 0.6) is 0 Å². The lowest BCUT2D eigenvalue weighted by atomic mass is 9.93. The number of nitrogens with one attached hydrogen (secondary N) is 1. The summed E-state index contributed by atoms with van der Waals surface area (Å²) in [6, 6.07) is 3.91. The van der Waals surface area contributed by atoms with E-state index < -0.39 is 0 Å². The second-order valence-electron chi connectivity index (χ2n) is 5.47. The lowest BCUT2D eigenvalue weighted by Gasteiger charge is -2.18. The number of rotatable bonds is 4. The molecule has 1 aliphatic rings. The van der Waals surface area contributed by atoms with Crippen molar-refractivity contribution in [2.45, 2.75) is 32.7 Å². The second kappa shape index (κ2) is 6.51. The van der Waals surface area contributed by atoms with E-state index in [0.717, 1.165) is 30.5 Å². The van der Waals surface area contributed by atoms with Crippen molar-refractivity contribution in [3.05, 3.63) is 48.2 Å². The molecule has 2 aromatic rings. The van der Waals surface area contributed by atoms with Crippen LogP contribution in [0.3, 0.4) is 0 Å². The molecule has 2 heterocycles. The minimum absolute atomic E-state index is 0.0817. The van der Waals surface area contributed by atoms with Crippen LogP contribution in [0.4, 0.5) is 0 Å². The van der Waals surface area contributed by atoms with Gasteiger partial charge in [-0.3, -0.25) is 4.79 Å². The molecule has 0 aliphatic heterocycles. The molecule has 0 unspecified atom stereocenters. The molecule has 1 amide bonds. The fourth-order valence-corrected chi connectivity index (χ4v) is 2.58. The summed E-state index contributed by atoms with van der Waals surface area (Å²) >= 11 is 0. The van der Waals surface area contributed by atoms with Crippen LogP contribution in [0.2, 0.25) is 0 Å². The molecule has 1 atom stereocenters. The highest BCUT2D eigenvalue weighted by Gasteiger charge is 2.19. The van der Waals surface area contributed by atoms with Crippen LogP contribution in [0, 0.1) is 12.8 Å². The van der Waals surface area contributed by atoms with E-state index in [1.54, 1.807) is 11.0 Å². The molecule has 0 saturated heterocycles. The fourth-order valence-electron chi connectivity index (χ4n) is 2.58. The van der Waals surface area contributed by atoms with Gasteiger partial charge < -0.3 is 5.32 Å². The van der Waals surface area contributed by atoms with Crippen LogP contribution in [0.1, 0.15) is 30.5 Å². The van der Waals surface area contributed by atoms with E-state index in [9.17, 15) is 4.79 Å². The van der Waals surface area contributed by atoms with Crippen LogP contribution >= 0.6 is 0 Å². The number of amides is 1. The summed E-state index contributed by atoms with van der Waals surface area (Å²) in [7, 11) is 0. The van der Waals surface area contributed by atoms with E-state index in [2.05, 4.69) is 32.5 Å². The Hall–Kier alpha value is -2.50. The number of allylic oxidation sites excluding steroid dienone is 2. The number of carbonyl (C=O) groups is 1. The Bertz CT molecular complexity index is 678. The van der Waals surface area contributed by atoms with Crippen molar-refractivity contribution in [2.24, 2.45) is 5.92 Å². The smallest absolute Gasteiger partial charge is 0.223 e. The Morgan fingerprint density at radius 1 is 1.41 bits per heavy atom. The lowest BCUT2D eigenvalue weighted by molar-refractivity contribution is -0.125. The molecule has 0 saturated carbocycles. The Balaban J connectivity index is 1.72. The highest BCUT2D eigenvalue weighted by atomic mass is 16.1. The summed E-state index contributed by atoms with van der Waals surface area (Å²) in [5.41, 5.74) is 1.83. The third-order valence-electron chi connectivity index (χ3n) is 3.82. The zero-order valence-corrected chi connectivity index (χ0v) is 12.6. The molecular weight excluding hydrogens is 278 g/mol. The summed E-state index contributed by atoms with van der Waals surface area (Å²) in [5, 5.41) is 7.14. The Morgan fingerprint density at radius 2 is 2.32 bits per heavy atom. The van der Waals surface area contributed by atoms with Crippen LogP contribution in [-0.4, -0.2) is 25.7 Å². The summed E-state index contributed by atoms with van der Waals surface area (Å²) < 4.78 is 1.62. The van der Waals surface area contributed by atoms with Crippen molar-refractivity contribution < 1.29 is 4.79 Å². The van der Waals surface area contributed by atoms with E-state index in [1.165, 1.54) is 6.33 Å². The molecule has 22 heavy (non-hydrogen) atoms. The quantitative estimate of drug-likeness (QED) is 0.875. The normalized spacial score (nSPS) is 17.4. The molecule has 0 spiro atoms. The van der Waals surface area contributed by atoms with E-state index in [1.807, 2.05) is 19.1 Å². The van der Waals surface area contributed by atoms with Crippen molar-refractivity contribution in [3.63, 3.8) is 0 Å². The first-order valence-electron chi connectivity index (χ1n) is 7.48. The molecule has 6 nitrogen and oxygen atoms in total. The molecule has 6 heteroatoms. The molecular formula is C16H19N5O. The molecule has 0 fully saturated rings. The van der Waals surface area contributed by atoms with Gasteiger partial charge in [0.2, 0.25) is 5.91 Å². The third-order valence-corrected chi connectivity index (χ3v) is 3.82. The molecule has 114 valence electrons. The van der Waals surface area contributed by atoms with Gasteiger partial charge in [-0.1, -0.05) is 18.2 Å². The number of aryl methyl sites for hydroxylation is 1. The van der Waals surface area contributed by atoms with Crippen LogP contribution < -0.4 is 5.32 Å². The molecule has 3 rings (SSSR count). The van der Waals surface area contributed by atoms with Gasteiger partial charge in [-0.25, -0.2) is 14.6 Å². The highest BCUT2D eigenvalue weighted by Crippen LogP contribution is 2.18. The van der Waals surface area contributed by atoms with Crippen LogP contribution in [-0.2, 0) is 11.3 Å². The van der Waals surface area contributed by atoms with Gasteiger partial charge in [0.05, 0.1) is 0 Å². The predicted octanol–water partition coefficient (Wildman–Crippen LogP) is 1.94. The summed E-state index contributed by atoms with van der Waals surface area (Å²) in [6.45, 7) is 2.37. The first-order valence-corrected chi connectivity index (χ1v) is 7.48. The zero-order valence-electron chi connectivity index (χ0n) is 12.6. The topological polar surface area (TPSA) is 72.7 Å². The Labute approximate surface area is 129 Å². The standard InChI is InChI=1S/C16H19N5O/c1-12-7-8-14(15(20-12)21-11-17-10-19-21)9-18-16(22)13-5-3-2-4-6-13/h2-3,7-8,10-11,13H,4-6,9H2,1H3,(H,18,22)/t13-/m1/s1. The lowest BCUT2D eigenvalue weighted by Crippen LogP contribution is -2.31. The van der Waals surface area contributed by atoms with Gasteiger partial charge in [-0.05, 0) is 32.3 Å². The van der Waals surface area contributed by atoms with Crippen LogP contribution in [0.15, 0.2) is 36.9 Å². The summed E-state index contributed by atoms with van der Waals surface area (Å²) in [6.07, 6.45) is 10.0. The van der Waals surface area contributed by atoms with Gasteiger partial charge >= 0.3 is 0 Å². The van der Waals surface area contributed by atoms with E-state index >= 15 is 0 Å². The average Bonchev–Trinajstić information content (AvgIpc) is 3.08. The van der Waals surface area contributed by atoms with Crippen molar-refractivity contribution >= 4 is 5.91 Å². The van der Waals surface area contributed by atoms with E-state index in [4.69, 9.17) is 0 Å². The molecule has 0 aromatic carbocycles. The predicted molar refractivity (Wildman–Crippen MR) is 82.2 cm³/mol. The number of pyridine rings is 1. The van der Waals surface area contributed by atoms with Gasteiger partial charge in [0.15, 0.2) is 5.82 Å².